The molecule has 0 radical (unpaired) electrons. The summed E-state index contributed by atoms with van der Waals surface area (Å²) in [6.45, 7) is 7.69. The van der Waals surface area contributed by atoms with Crippen molar-refractivity contribution in [1.29, 1.82) is 0 Å². The Bertz CT molecular complexity index is 579. The van der Waals surface area contributed by atoms with Gasteiger partial charge in [0.25, 0.3) is 5.24 Å². The molecule has 0 bridgehead atoms. The van der Waals surface area contributed by atoms with Gasteiger partial charge in [-0.25, -0.2) is 4.39 Å². The third-order valence-electron chi connectivity index (χ3n) is 3.66. The van der Waals surface area contributed by atoms with Crippen molar-refractivity contribution in [2.24, 2.45) is 0 Å². The monoisotopic (exact) mass is 324 g/mol. The van der Waals surface area contributed by atoms with Crippen LogP contribution in [0.2, 0.25) is 0 Å². The van der Waals surface area contributed by atoms with E-state index in [4.69, 9.17) is 0 Å². The fourth-order valence-corrected chi connectivity index (χ4v) is 3.59. The molecule has 0 aromatic heterocycles. The van der Waals surface area contributed by atoms with E-state index in [0.717, 1.165) is 43.3 Å². The van der Waals surface area contributed by atoms with Crippen molar-refractivity contribution in [2.45, 2.75) is 24.5 Å². The van der Waals surface area contributed by atoms with Crippen LogP contribution < -0.4 is 10.2 Å². The summed E-state index contributed by atoms with van der Waals surface area (Å²) in [6, 6.07) is 4.95. The highest BCUT2D eigenvalue weighted by Gasteiger charge is 2.33. The van der Waals surface area contributed by atoms with Gasteiger partial charge in [-0.1, -0.05) is 23.9 Å². The number of anilines is 1. The van der Waals surface area contributed by atoms with E-state index in [0.29, 0.717) is 12.1 Å². The first kappa shape index (κ1) is 16.5. The number of para-hydroxylation sites is 1. The Morgan fingerprint density at radius 1 is 1.32 bits per heavy atom. The Balaban J connectivity index is 0.000000849. The number of carbonyl (C=O) groups excluding carboxylic acids is 2. The normalized spacial score (nSPS) is 20.6. The van der Waals surface area contributed by atoms with E-state index in [1.807, 2.05) is 11.0 Å². The molecule has 2 aliphatic heterocycles. The Kier molecular flexibility index (Phi) is 5.60. The molecule has 2 amide bonds. The average Bonchev–Trinajstić information content (AvgIpc) is 3.12. The maximum absolute atomic E-state index is 14.1. The first-order valence-corrected chi connectivity index (χ1v) is 8.07. The smallest absolute Gasteiger partial charge is 0.286 e. The molecule has 1 atom stereocenters. The van der Waals surface area contributed by atoms with Gasteiger partial charge in [-0.2, -0.15) is 0 Å². The molecule has 1 aromatic rings. The van der Waals surface area contributed by atoms with Gasteiger partial charge in [0.1, 0.15) is 5.82 Å². The third-order valence-corrected chi connectivity index (χ3v) is 4.65. The van der Waals surface area contributed by atoms with Gasteiger partial charge in [0.05, 0.1) is 10.9 Å². The first-order valence-electron chi connectivity index (χ1n) is 7.19. The summed E-state index contributed by atoms with van der Waals surface area (Å²) < 4.78 is 14.1. The fourth-order valence-electron chi connectivity index (χ4n) is 2.75. The minimum absolute atomic E-state index is 0. The molecule has 2 aliphatic rings. The predicted molar refractivity (Wildman–Crippen MR) is 89.8 cm³/mol. The lowest BCUT2D eigenvalue weighted by atomic mass is 10.1. The van der Waals surface area contributed by atoms with Gasteiger partial charge >= 0.3 is 0 Å². The van der Waals surface area contributed by atoms with Crippen LogP contribution in [0.5, 0.6) is 0 Å². The van der Waals surface area contributed by atoms with Crippen LogP contribution in [0.1, 0.15) is 19.8 Å². The first-order chi connectivity index (χ1) is 10.6. The van der Waals surface area contributed by atoms with E-state index in [9.17, 15) is 14.0 Å². The van der Waals surface area contributed by atoms with E-state index in [-0.39, 0.29) is 18.4 Å². The third kappa shape index (κ3) is 3.50. The maximum Gasteiger partial charge on any atom is 0.286 e. The highest BCUT2D eigenvalue weighted by atomic mass is 32.2. The zero-order chi connectivity index (χ0) is 16.1. The van der Waals surface area contributed by atoms with Crippen LogP contribution in [0.25, 0.3) is 0 Å². The van der Waals surface area contributed by atoms with Crippen LogP contribution in [0.3, 0.4) is 0 Å². The van der Waals surface area contributed by atoms with Gasteiger partial charge < -0.3 is 4.90 Å². The van der Waals surface area contributed by atoms with E-state index in [1.54, 1.807) is 6.07 Å². The summed E-state index contributed by atoms with van der Waals surface area (Å²) >= 11 is 0.985. The molecule has 0 aliphatic carbocycles. The number of thioether (sulfide) groups is 1. The van der Waals surface area contributed by atoms with Gasteiger partial charge in [-0.15, -0.1) is 13.2 Å². The van der Waals surface area contributed by atoms with Crippen molar-refractivity contribution in [2.75, 3.05) is 18.0 Å². The lowest BCUT2D eigenvalue weighted by molar-refractivity contribution is -0.118. The minimum atomic E-state index is -0.453. The molecule has 1 unspecified atom stereocenters. The molecule has 1 aromatic carbocycles. The molecule has 2 fully saturated rings. The fraction of sp³-hybridized carbons (Fsp3) is 0.375. The highest BCUT2D eigenvalue weighted by molar-refractivity contribution is 8.15. The summed E-state index contributed by atoms with van der Waals surface area (Å²) in [5.41, 5.74) is 1.40. The predicted octanol–water partition coefficient (Wildman–Crippen LogP) is 3.37. The largest absolute Gasteiger partial charge is 0.369 e. The topological polar surface area (TPSA) is 49.4 Å². The van der Waals surface area contributed by atoms with Gasteiger partial charge in [-0.3, -0.25) is 14.9 Å². The van der Waals surface area contributed by atoms with E-state index < -0.39 is 5.25 Å². The molecular weight excluding hydrogens is 303 g/mol. The number of carbonyl (C=O) groups is 2. The summed E-state index contributed by atoms with van der Waals surface area (Å²) in [7, 11) is 0. The number of imide groups is 1. The van der Waals surface area contributed by atoms with Crippen molar-refractivity contribution in [3.63, 3.8) is 0 Å². The number of nitrogens with zero attached hydrogens (tertiary/aromatic N) is 1. The standard InChI is InChI=1S/C14H15FN2O2S.C2H4.H2/c15-10-5-3-4-9(12(10)17-6-1-2-7-17)8-11-13(18)16-14(19)20-11;1-2;/h3-5,11H,1-2,6-8H2,(H,16,18,19);1-2H2;1H. The second-order valence-corrected chi connectivity index (χ2v) is 6.20. The van der Waals surface area contributed by atoms with Crippen molar-refractivity contribution < 1.29 is 15.4 Å². The second kappa shape index (κ2) is 7.45. The van der Waals surface area contributed by atoms with E-state index in [2.05, 4.69) is 18.5 Å². The molecule has 120 valence electrons. The molecular formula is C16H21FN2O2S. The summed E-state index contributed by atoms with van der Waals surface area (Å²) in [4.78, 5) is 24.9. The second-order valence-electron chi connectivity index (χ2n) is 5.03. The van der Waals surface area contributed by atoms with Crippen LogP contribution in [0.4, 0.5) is 14.9 Å². The molecule has 6 heteroatoms. The molecule has 0 spiro atoms. The Hall–Kier alpha value is -1.82. The number of hydrogen-bond acceptors (Lipinski definition) is 4. The molecule has 1 N–H and O–H groups in total. The maximum atomic E-state index is 14.1. The number of benzene rings is 1. The molecule has 3 rings (SSSR count). The minimum Gasteiger partial charge on any atom is -0.369 e. The van der Waals surface area contributed by atoms with Gasteiger partial charge in [0, 0.05) is 14.5 Å². The highest BCUT2D eigenvalue weighted by Crippen LogP contribution is 2.31. The van der Waals surface area contributed by atoms with E-state index >= 15 is 0 Å². The summed E-state index contributed by atoms with van der Waals surface area (Å²) in [6.07, 6.45) is 2.50. The van der Waals surface area contributed by atoms with Crippen LogP contribution >= 0.6 is 11.8 Å². The number of hydrogen-bond donors (Lipinski definition) is 1. The Labute approximate surface area is 135 Å². The lowest BCUT2D eigenvalue weighted by Crippen LogP contribution is -2.27. The van der Waals surface area contributed by atoms with Crippen molar-refractivity contribution >= 4 is 28.6 Å². The molecule has 2 saturated heterocycles. The lowest BCUT2D eigenvalue weighted by Gasteiger charge is -2.22. The molecule has 22 heavy (non-hydrogen) atoms. The average molecular weight is 324 g/mol. The van der Waals surface area contributed by atoms with Crippen molar-refractivity contribution in [3.05, 3.63) is 42.7 Å². The Morgan fingerprint density at radius 2 is 2.00 bits per heavy atom. The van der Waals surface area contributed by atoms with E-state index in [1.165, 1.54) is 6.07 Å². The number of amides is 2. The van der Waals surface area contributed by atoms with Crippen LogP contribution in [0, 0.1) is 5.82 Å². The zero-order valence-corrected chi connectivity index (χ0v) is 13.1. The molecule has 4 nitrogen and oxygen atoms in total. The number of nitrogens with one attached hydrogen (secondary N) is 1. The number of rotatable bonds is 3. The summed E-state index contributed by atoms with van der Waals surface area (Å²) in [5, 5.41) is 1.50. The molecule has 2 heterocycles. The SMILES string of the molecule is C=C.O=C1NC(=O)C(Cc2cccc(F)c2N2CCCC2)S1.[HH]. The summed E-state index contributed by atoms with van der Waals surface area (Å²) in [5.74, 6) is -0.532. The quantitative estimate of drug-likeness (QED) is 0.866. The van der Waals surface area contributed by atoms with Gasteiger partial charge in [0.15, 0.2) is 0 Å². The van der Waals surface area contributed by atoms with Crippen LogP contribution in [-0.4, -0.2) is 29.5 Å². The van der Waals surface area contributed by atoms with Crippen molar-refractivity contribution in [3.8, 4) is 0 Å². The van der Waals surface area contributed by atoms with Crippen molar-refractivity contribution in [1.82, 2.24) is 5.32 Å². The number of halogens is 1. The van der Waals surface area contributed by atoms with Crippen LogP contribution in [-0.2, 0) is 11.2 Å². The Morgan fingerprint density at radius 3 is 2.59 bits per heavy atom. The van der Waals surface area contributed by atoms with Gasteiger partial charge in [-0.05, 0) is 30.9 Å². The van der Waals surface area contributed by atoms with Gasteiger partial charge in [0.2, 0.25) is 5.91 Å². The van der Waals surface area contributed by atoms with Crippen LogP contribution in [0.15, 0.2) is 31.4 Å². The zero-order valence-electron chi connectivity index (χ0n) is 12.3. The molecule has 0 saturated carbocycles.